The highest BCUT2D eigenvalue weighted by Gasteiger charge is 2.37. The first kappa shape index (κ1) is 14.9. The molecule has 4 rings (SSSR count). The zero-order chi connectivity index (χ0) is 15.9. The van der Waals surface area contributed by atoms with Crippen LogP contribution in [-0.2, 0) is 4.74 Å². The maximum atomic E-state index is 12.4. The van der Waals surface area contributed by atoms with Crippen LogP contribution >= 0.6 is 0 Å². The van der Waals surface area contributed by atoms with Gasteiger partial charge < -0.3 is 9.64 Å². The van der Waals surface area contributed by atoms with Crippen molar-refractivity contribution in [1.82, 2.24) is 4.90 Å². The molecule has 4 heteroatoms. The highest BCUT2D eigenvalue weighted by Crippen LogP contribution is 2.43. The molecule has 2 heterocycles. The minimum absolute atomic E-state index is 0.224. The molecule has 0 spiro atoms. The molecule has 1 aromatic rings. The lowest BCUT2D eigenvalue weighted by molar-refractivity contribution is 0.0246. The third kappa shape index (κ3) is 2.81. The molecule has 0 radical (unpaired) electrons. The van der Waals surface area contributed by atoms with E-state index >= 15 is 0 Å². The highest BCUT2D eigenvalue weighted by molar-refractivity contribution is 5.69. The number of benzene rings is 1. The number of carbonyl (C=O) groups is 1. The second-order valence-corrected chi connectivity index (χ2v) is 7.31. The van der Waals surface area contributed by atoms with Crippen LogP contribution in [0.5, 0.6) is 0 Å². The minimum Gasteiger partial charge on any atom is -0.444 e. The van der Waals surface area contributed by atoms with E-state index in [1.54, 1.807) is 0 Å². The molecule has 2 aliphatic heterocycles. The van der Waals surface area contributed by atoms with Crippen LogP contribution in [0.2, 0.25) is 0 Å². The van der Waals surface area contributed by atoms with Crippen LogP contribution in [0.15, 0.2) is 18.2 Å². The van der Waals surface area contributed by atoms with Gasteiger partial charge in [-0.2, -0.15) is 5.26 Å². The third-order valence-electron chi connectivity index (χ3n) is 4.49. The van der Waals surface area contributed by atoms with E-state index in [2.05, 4.69) is 12.1 Å². The number of nitriles is 1. The molecule has 0 N–H and O–H groups in total. The Morgan fingerprint density at radius 2 is 1.86 bits per heavy atom. The third-order valence-corrected chi connectivity index (χ3v) is 4.49. The van der Waals surface area contributed by atoms with Gasteiger partial charge in [0.05, 0.1) is 11.6 Å². The topological polar surface area (TPSA) is 53.3 Å². The van der Waals surface area contributed by atoms with E-state index in [1.165, 1.54) is 11.1 Å². The van der Waals surface area contributed by atoms with E-state index in [9.17, 15) is 4.79 Å². The first-order chi connectivity index (χ1) is 10.4. The maximum absolute atomic E-state index is 12.4. The molecule has 0 saturated carbocycles. The number of nitrogens with zero attached hydrogens (tertiary/aromatic N) is 2. The molecule has 1 fully saturated rings. The predicted octanol–water partition coefficient (Wildman–Crippen LogP) is 3.77. The van der Waals surface area contributed by atoms with Crippen LogP contribution in [0, 0.1) is 11.3 Å². The standard InChI is InChI=1S/C18H22N2O2/c1-18(2,3)22-17(21)20-10-13-5-6-14(11-20)16-8-12(9-19)4-7-15(13)16/h4,7-8,13-14H,5-6,10-11H2,1-3H3. The molecular formula is C18H22N2O2. The molecule has 1 aromatic carbocycles. The fourth-order valence-electron chi connectivity index (χ4n) is 3.54. The molecule has 2 bridgehead atoms. The van der Waals surface area contributed by atoms with Crippen molar-refractivity contribution in [3.63, 3.8) is 0 Å². The lowest BCUT2D eigenvalue weighted by Crippen LogP contribution is -2.38. The smallest absolute Gasteiger partial charge is 0.410 e. The fourth-order valence-corrected chi connectivity index (χ4v) is 3.54. The van der Waals surface area contributed by atoms with Crippen molar-refractivity contribution < 1.29 is 9.53 Å². The Kier molecular flexibility index (Phi) is 3.60. The summed E-state index contributed by atoms with van der Waals surface area (Å²) in [5.41, 5.74) is 2.79. The van der Waals surface area contributed by atoms with Crippen LogP contribution in [0.4, 0.5) is 4.79 Å². The second-order valence-electron chi connectivity index (χ2n) is 7.31. The SMILES string of the molecule is CC(C)(C)OC(=O)N1CC2CCC(C1)c1cc(C#N)ccc12. The number of hydrogen-bond acceptors (Lipinski definition) is 3. The van der Waals surface area contributed by atoms with Gasteiger partial charge in [0.15, 0.2) is 0 Å². The lowest BCUT2D eigenvalue weighted by Gasteiger charge is -2.27. The zero-order valence-electron chi connectivity index (χ0n) is 13.4. The van der Waals surface area contributed by atoms with Gasteiger partial charge in [0.1, 0.15) is 5.60 Å². The van der Waals surface area contributed by atoms with Gasteiger partial charge in [0.25, 0.3) is 0 Å². The summed E-state index contributed by atoms with van der Waals surface area (Å²) in [4.78, 5) is 14.3. The molecule has 1 saturated heterocycles. The van der Waals surface area contributed by atoms with Crippen LogP contribution in [0.3, 0.4) is 0 Å². The summed E-state index contributed by atoms with van der Waals surface area (Å²) in [7, 11) is 0. The molecular weight excluding hydrogens is 276 g/mol. The lowest BCUT2D eigenvalue weighted by atomic mass is 9.78. The van der Waals surface area contributed by atoms with Crippen molar-refractivity contribution in [2.45, 2.75) is 51.0 Å². The van der Waals surface area contributed by atoms with Crippen molar-refractivity contribution in [1.29, 1.82) is 5.26 Å². The summed E-state index contributed by atoms with van der Waals surface area (Å²) in [5.74, 6) is 0.670. The Labute approximate surface area is 131 Å². The van der Waals surface area contributed by atoms with Crippen molar-refractivity contribution in [2.75, 3.05) is 13.1 Å². The Hall–Kier alpha value is -2.02. The molecule has 116 valence electrons. The van der Waals surface area contributed by atoms with Crippen molar-refractivity contribution in [2.24, 2.45) is 0 Å². The molecule has 3 aliphatic rings. The first-order valence-electron chi connectivity index (χ1n) is 7.89. The van der Waals surface area contributed by atoms with E-state index in [-0.39, 0.29) is 6.09 Å². The van der Waals surface area contributed by atoms with Gasteiger partial charge in [0.2, 0.25) is 0 Å². The second kappa shape index (κ2) is 5.31. The Bertz CT molecular complexity index is 639. The Morgan fingerprint density at radius 3 is 2.45 bits per heavy atom. The van der Waals surface area contributed by atoms with E-state index < -0.39 is 5.60 Å². The number of rotatable bonds is 0. The van der Waals surface area contributed by atoms with E-state index in [1.807, 2.05) is 37.8 Å². The molecule has 1 aliphatic carbocycles. The molecule has 2 atom stereocenters. The summed E-state index contributed by atoms with van der Waals surface area (Å²) in [6.07, 6.45) is 1.95. The molecule has 1 amide bonds. The van der Waals surface area contributed by atoms with Crippen molar-refractivity contribution >= 4 is 6.09 Å². The summed E-state index contributed by atoms with van der Waals surface area (Å²) in [5, 5.41) is 9.11. The number of ether oxygens (including phenoxy) is 1. The van der Waals surface area contributed by atoms with Crippen molar-refractivity contribution in [3.8, 4) is 6.07 Å². The maximum Gasteiger partial charge on any atom is 0.410 e. The number of carbonyl (C=O) groups excluding carboxylic acids is 1. The molecule has 4 nitrogen and oxygen atoms in total. The monoisotopic (exact) mass is 298 g/mol. The number of fused-ring (bicyclic) bond motifs is 3. The summed E-state index contributed by atoms with van der Waals surface area (Å²) < 4.78 is 5.54. The van der Waals surface area contributed by atoms with Gasteiger partial charge in [-0.3, -0.25) is 0 Å². The molecule has 2 unspecified atom stereocenters. The predicted molar refractivity (Wildman–Crippen MR) is 83.7 cm³/mol. The normalized spacial score (nSPS) is 23.5. The van der Waals surface area contributed by atoms with Crippen LogP contribution < -0.4 is 0 Å². The average Bonchev–Trinajstić information content (AvgIpc) is 2.76. The Balaban J connectivity index is 1.87. The summed E-state index contributed by atoms with van der Waals surface area (Å²) in [6.45, 7) is 7.08. The summed E-state index contributed by atoms with van der Waals surface area (Å²) in [6, 6.07) is 8.18. The summed E-state index contributed by atoms with van der Waals surface area (Å²) >= 11 is 0. The zero-order valence-corrected chi connectivity index (χ0v) is 13.4. The van der Waals surface area contributed by atoms with Gasteiger partial charge in [-0.1, -0.05) is 6.07 Å². The van der Waals surface area contributed by atoms with E-state index in [0.717, 1.165) is 12.8 Å². The largest absolute Gasteiger partial charge is 0.444 e. The van der Waals surface area contributed by atoms with Crippen LogP contribution in [0.25, 0.3) is 0 Å². The van der Waals surface area contributed by atoms with Gasteiger partial charge in [-0.15, -0.1) is 0 Å². The number of hydrogen-bond donors (Lipinski definition) is 0. The minimum atomic E-state index is -0.469. The van der Waals surface area contributed by atoms with Crippen molar-refractivity contribution in [3.05, 3.63) is 34.9 Å². The van der Waals surface area contributed by atoms with Gasteiger partial charge in [0, 0.05) is 24.9 Å². The highest BCUT2D eigenvalue weighted by atomic mass is 16.6. The molecule has 0 aromatic heterocycles. The fraction of sp³-hybridized carbons (Fsp3) is 0.556. The van der Waals surface area contributed by atoms with Gasteiger partial charge in [-0.25, -0.2) is 4.79 Å². The van der Waals surface area contributed by atoms with Crippen LogP contribution in [0.1, 0.15) is 62.1 Å². The van der Waals surface area contributed by atoms with Gasteiger partial charge in [-0.05, 0) is 56.9 Å². The molecule has 22 heavy (non-hydrogen) atoms. The Morgan fingerprint density at radius 1 is 1.23 bits per heavy atom. The van der Waals surface area contributed by atoms with Crippen LogP contribution in [-0.4, -0.2) is 29.7 Å². The average molecular weight is 298 g/mol. The van der Waals surface area contributed by atoms with E-state index in [4.69, 9.17) is 10.00 Å². The quantitative estimate of drug-likeness (QED) is 0.732. The van der Waals surface area contributed by atoms with E-state index in [0.29, 0.717) is 30.5 Å². The number of amides is 1. The first-order valence-corrected chi connectivity index (χ1v) is 7.89. The van der Waals surface area contributed by atoms with Gasteiger partial charge >= 0.3 is 6.09 Å².